The maximum absolute atomic E-state index is 16.1. The molecule has 41 heavy (non-hydrogen) atoms. The maximum Gasteiger partial charge on any atom is 0.249 e. The van der Waals surface area contributed by atoms with E-state index in [0.29, 0.717) is 66.4 Å². The van der Waals surface area contributed by atoms with Crippen LogP contribution < -0.4 is 20.4 Å². The number of amides is 1. The maximum atomic E-state index is 16.1. The molecule has 1 aromatic heterocycles. The number of hydroxylamine groups is 1. The summed E-state index contributed by atoms with van der Waals surface area (Å²) < 4.78 is 62.3. The molecule has 2 aromatic carbocycles. The van der Waals surface area contributed by atoms with Gasteiger partial charge >= 0.3 is 0 Å². The number of likely N-dealkylation sites (tertiary alicyclic amines) is 1. The number of benzene rings is 2. The Morgan fingerprint density at radius 1 is 1.20 bits per heavy atom. The van der Waals surface area contributed by atoms with Crippen LogP contribution in [-0.4, -0.2) is 68.4 Å². The molecule has 0 saturated carbocycles. The van der Waals surface area contributed by atoms with E-state index in [1.165, 1.54) is 7.11 Å². The summed E-state index contributed by atoms with van der Waals surface area (Å²) in [6, 6.07) is 6.66. The van der Waals surface area contributed by atoms with E-state index in [2.05, 4.69) is 10.3 Å². The fourth-order valence-electron chi connectivity index (χ4n) is 5.49. The quantitative estimate of drug-likeness (QED) is 0.125. The molecule has 222 valence electrons. The zero-order valence-electron chi connectivity index (χ0n) is 23.3. The second-order valence-corrected chi connectivity index (χ2v) is 10.6. The second-order valence-electron chi connectivity index (χ2n) is 10.6. The molecular formula is C29H35F4N5O3. The Labute approximate surface area is 236 Å². The molecule has 0 spiro atoms. The number of carbonyl (C=O) groups excluding carboxylic acids is 1. The van der Waals surface area contributed by atoms with Crippen molar-refractivity contribution in [1.82, 2.24) is 15.4 Å². The molecule has 1 atom stereocenters. The minimum atomic E-state index is -1.42. The molecule has 1 fully saturated rings. The normalized spacial score (nSPS) is 15.9. The number of nitrogens with one attached hydrogen (secondary N) is 2. The Balaban J connectivity index is 1.44. The topological polar surface area (TPSA) is 90.0 Å². The number of methoxy groups -OCH3 is 1. The monoisotopic (exact) mass is 577 g/mol. The van der Waals surface area contributed by atoms with Crippen molar-refractivity contribution in [3.05, 3.63) is 59.5 Å². The average molecular weight is 578 g/mol. The third-order valence-corrected chi connectivity index (χ3v) is 7.90. The van der Waals surface area contributed by atoms with E-state index in [0.717, 1.165) is 6.07 Å². The predicted molar refractivity (Wildman–Crippen MR) is 149 cm³/mol. The Hall–Kier alpha value is -3.64. The lowest BCUT2D eigenvalue weighted by Gasteiger charge is -2.40. The van der Waals surface area contributed by atoms with Crippen LogP contribution in [0.25, 0.3) is 10.9 Å². The van der Waals surface area contributed by atoms with Gasteiger partial charge in [-0.1, -0.05) is 0 Å². The van der Waals surface area contributed by atoms with Gasteiger partial charge in [-0.25, -0.2) is 23.0 Å². The number of aromatic nitrogens is 1. The number of rotatable bonds is 11. The van der Waals surface area contributed by atoms with Gasteiger partial charge in [0.25, 0.3) is 0 Å². The van der Waals surface area contributed by atoms with Crippen molar-refractivity contribution in [2.24, 2.45) is 5.41 Å². The molecule has 3 aromatic rings. The summed E-state index contributed by atoms with van der Waals surface area (Å²) in [5, 5.41) is 12.8. The van der Waals surface area contributed by atoms with E-state index in [1.807, 2.05) is 19.0 Å². The number of carbonyl (C=O) groups is 1. The van der Waals surface area contributed by atoms with Crippen LogP contribution in [0.2, 0.25) is 0 Å². The van der Waals surface area contributed by atoms with Crippen LogP contribution in [0.1, 0.15) is 37.4 Å². The van der Waals surface area contributed by atoms with Crippen LogP contribution in [0.3, 0.4) is 0 Å². The number of fused-ring (bicyclic) bond motifs is 1. The molecule has 1 aliphatic heterocycles. The number of ether oxygens (including phenoxy) is 1. The van der Waals surface area contributed by atoms with Gasteiger partial charge in [0, 0.05) is 50.3 Å². The third kappa shape index (κ3) is 6.65. The highest BCUT2D eigenvalue weighted by Gasteiger charge is 2.41. The summed E-state index contributed by atoms with van der Waals surface area (Å²) >= 11 is 0. The SMILES string of the molecule is COc1ccc2ncc(N(C)C)c([C@H](F)CCC3(C(=O)NO)CCN(CCNc4cc(F)cc(F)c4F)CC3)c2c1. The van der Waals surface area contributed by atoms with Gasteiger partial charge in [-0.2, -0.15) is 0 Å². The van der Waals surface area contributed by atoms with Crippen molar-refractivity contribution >= 4 is 28.2 Å². The van der Waals surface area contributed by atoms with Gasteiger partial charge in [-0.05, 0) is 57.0 Å². The molecule has 0 unspecified atom stereocenters. The number of pyridine rings is 1. The summed E-state index contributed by atoms with van der Waals surface area (Å²) in [6.07, 6.45) is 1.17. The molecule has 0 bridgehead atoms. The standard InChI is InChI=1S/C29H35F4N5O3/c1-37(2)25-17-35-23-5-4-19(41-3)16-20(23)26(25)21(31)6-7-29(28(39)36-40)8-11-38(12-9-29)13-10-34-24-15-18(30)14-22(32)27(24)33/h4-5,14-17,21,34,40H,6-13H2,1-3H3,(H,36,39)/t21-/m1/s1. The molecule has 8 nitrogen and oxygen atoms in total. The van der Waals surface area contributed by atoms with Crippen molar-refractivity contribution < 1.29 is 32.3 Å². The third-order valence-electron chi connectivity index (χ3n) is 7.90. The van der Waals surface area contributed by atoms with E-state index in [-0.39, 0.29) is 25.1 Å². The van der Waals surface area contributed by atoms with E-state index < -0.39 is 34.9 Å². The number of piperidine rings is 1. The van der Waals surface area contributed by atoms with E-state index in [4.69, 9.17) is 4.74 Å². The van der Waals surface area contributed by atoms with Crippen molar-refractivity contribution in [2.45, 2.75) is 31.9 Å². The predicted octanol–water partition coefficient (Wildman–Crippen LogP) is 5.22. The first-order valence-electron chi connectivity index (χ1n) is 13.4. The molecule has 1 amide bonds. The van der Waals surface area contributed by atoms with E-state index in [1.54, 1.807) is 34.8 Å². The minimum absolute atomic E-state index is 0.0382. The first-order chi connectivity index (χ1) is 19.6. The van der Waals surface area contributed by atoms with Crippen molar-refractivity contribution in [1.29, 1.82) is 0 Å². The fraction of sp³-hybridized carbons (Fsp3) is 0.448. The van der Waals surface area contributed by atoms with E-state index >= 15 is 4.39 Å². The van der Waals surface area contributed by atoms with Gasteiger partial charge in [-0.15, -0.1) is 0 Å². The highest BCUT2D eigenvalue weighted by atomic mass is 19.2. The number of halogens is 4. The summed E-state index contributed by atoms with van der Waals surface area (Å²) in [5.74, 6) is -3.29. The Bertz CT molecular complexity index is 1380. The van der Waals surface area contributed by atoms with Crippen LogP contribution in [0.4, 0.5) is 28.9 Å². The molecule has 2 heterocycles. The van der Waals surface area contributed by atoms with Gasteiger partial charge in [0.1, 0.15) is 17.7 Å². The van der Waals surface area contributed by atoms with Gasteiger partial charge < -0.3 is 19.9 Å². The number of hydrogen-bond donors (Lipinski definition) is 3. The number of nitrogens with zero attached hydrogens (tertiary/aromatic N) is 3. The summed E-state index contributed by atoms with van der Waals surface area (Å²) in [6.45, 7) is 1.57. The zero-order valence-corrected chi connectivity index (χ0v) is 23.3. The van der Waals surface area contributed by atoms with Gasteiger partial charge in [0.05, 0.1) is 35.6 Å². The lowest BCUT2D eigenvalue weighted by molar-refractivity contribution is -0.143. The van der Waals surface area contributed by atoms with Crippen molar-refractivity contribution in [3.8, 4) is 5.75 Å². The molecule has 0 radical (unpaired) electrons. The highest BCUT2D eigenvalue weighted by Crippen LogP contribution is 2.43. The smallest absolute Gasteiger partial charge is 0.249 e. The molecule has 12 heteroatoms. The number of alkyl halides is 1. The van der Waals surface area contributed by atoms with Gasteiger partial charge in [-0.3, -0.25) is 15.0 Å². The first-order valence-corrected chi connectivity index (χ1v) is 13.4. The Morgan fingerprint density at radius 2 is 1.93 bits per heavy atom. The van der Waals surface area contributed by atoms with Crippen LogP contribution in [0.15, 0.2) is 36.5 Å². The second kappa shape index (κ2) is 12.9. The highest BCUT2D eigenvalue weighted by molar-refractivity contribution is 5.88. The zero-order chi connectivity index (χ0) is 29.7. The summed E-state index contributed by atoms with van der Waals surface area (Å²) in [7, 11) is 5.16. The summed E-state index contributed by atoms with van der Waals surface area (Å²) in [4.78, 5) is 21.1. The van der Waals surface area contributed by atoms with Crippen LogP contribution in [-0.2, 0) is 4.79 Å². The molecule has 4 rings (SSSR count). The van der Waals surface area contributed by atoms with Crippen LogP contribution in [0.5, 0.6) is 5.75 Å². The Morgan fingerprint density at radius 3 is 2.59 bits per heavy atom. The molecule has 1 saturated heterocycles. The van der Waals surface area contributed by atoms with Crippen LogP contribution in [0, 0.1) is 22.9 Å². The van der Waals surface area contributed by atoms with Crippen molar-refractivity contribution in [3.63, 3.8) is 0 Å². The lowest BCUT2D eigenvalue weighted by atomic mass is 9.73. The van der Waals surface area contributed by atoms with Gasteiger partial charge in [0.2, 0.25) is 5.91 Å². The van der Waals surface area contributed by atoms with Crippen LogP contribution >= 0.6 is 0 Å². The molecular weight excluding hydrogens is 542 g/mol. The number of hydrogen-bond acceptors (Lipinski definition) is 7. The lowest BCUT2D eigenvalue weighted by Crippen LogP contribution is -2.49. The first kappa shape index (κ1) is 30.3. The largest absolute Gasteiger partial charge is 0.497 e. The minimum Gasteiger partial charge on any atom is -0.497 e. The van der Waals surface area contributed by atoms with Gasteiger partial charge in [0.15, 0.2) is 11.6 Å². The molecule has 0 aliphatic carbocycles. The molecule has 3 N–H and O–H groups in total. The molecule has 1 aliphatic rings. The average Bonchev–Trinajstić information content (AvgIpc) is 2.97. The fourth-order valence-corrected chi connectivity index (χ4v) is 5.49. The Kier molecular flexibility index (Phi) is 9.54. The summed E-state index contributed by atoms with van der Waals surface area (Å²) in [5.41, 5.74) is 2.23. The van der Waals surface area contributed by atoms with Crippen molar-refractivity contribution in [2.75, 3.05) is 57.6 Å². The van der Waals surface area contributed by atoms with E-state index in [9.17, 15) is 23.2 Å². The number of anilines is 2.